The predicted octanol–water partition coefficient (Wildman–Crippen LogP) is 2.35. The van der Waals surface area contributed by atoms with Gasteiger partial charge in [-0.1, -0.05) is 30.3 Å². The lowest BCUT2D eigenvalue weighted by atomic mass is 9.74. The van der Waals surface area contributed by atoms with Crippen molar-refractivity contribution in [3.8, 4) is 0 Å². The number of hydrogen-bond acceptors (Lipinski definition) is 4. The Bertz CT molecular complexity index is 942. The minimum atomic E-state index is -0.621. The summed E-state index contributed by atoms with van der Waals surface area (Å²) in [5.74, 6) is -0.186. The first kappa shape index (κ1) is 21.6. The monoisotopic (exact) mass is 424 g/mol. The molecule has 2 aliphatic carbocycles. The van der Waals surface area contributed by atoms with Gasteiger partial charge in [0.2, 0.25) is 5.91 Å². The molecule has 0 aliphatic heterocycles. The first-order chi connectivity index (χ1) is 14.9. The van der Waals surface area contributed by atoms with Gasteiger partial charge in [0, 0.05) is 37.2 Å². The highest BCUT2D eigenvalue weighted by molar-refractivity contribution is 5.94. The summed E-state index contributed by atoms with van der Waals surface area (Å²) >= 11 is 0. The zero-order chi connectivity index (χ0) is 22.0. The second-order valence-electron chi connectivity index (χ2n) is 9.07. The second-order valence-corrected chi connectivity index (χ2v) is 9.07. The number of carbonyl (C=O) groups is 2. The van der Waals surface area contributed by atoms with E-state index in [1.165, 1.54) is 6.92 Å². The van der Waals surface area contributed by atoms with E-state index in [1.807, 2.05) is 18.2 Å². The molecule has 3 N–H and O–H groups in total. The Balaban J connectivity index is 1.56. The summed E-state index contributed by atoms with van der Waals surface area (Å²) in [6.45, 7) is 2.05. The maximum atomic E-state index is 13.2. The molecule has 166 valence electrons. The van der Waals surface area contributed by atoms with Crippen LogP contribution in [-0.4, -0.2) is 57.8 Å². The molecule has 0 saturated heterocycles. The minimum absolute atomic E-state index is 0.0589. The Morgan fingerprint density at radius 3 is 2.71 bits per heavy atom. The number of likely N-dealkylation sites (N-methyl/N-ethyl adjacent to an activating group) is 1. The number of aryl methyl sites for hydroxylation is 1. The van der Waals surface area contributed by atoms with Crippen LogP contribution in [-0.2, 0) is 23.1 Å². The molecular weight excluding hydrogens is 392 g/mol. The predicted molar refractivity (Wildman–Crippen MR) is 118 cm³/mol. The molecule has 0 spiro atoms. The molecule has 1 aromatic heterocycles. The molecule has 31 heavy (non-hydrogen) atoms. The molecule has 7 nitrogen and oxygen atoms in total. The standard InChI is InChI=1S/C24H32N4O3/c1-16(29)25-15-24(17-7-4-3-5-8-17)13-11-20(21(30)12-14-24)28(2)23(31)22-18-9-6-10-19(18)26-27-22/h3-5,7-8,20-21,30H,6,9-15H2,1-2H3,(H,25,29)(H,26,27)/t20-,21-,24-/m1/s1. The smallest absolute Gasteiger partial charge is 0.274 e. The highest BCUT2D eigenvalue weighted by Crippen LogP contribution is 2.39. The summed E-state index contributed by atoms with van der Waals surface area (Å²) < 4.78 is 0. The molecular formula is C24H32N4O3. The van der Waals surface area contributed by atoms with Crippen LogP contribution in [0.5, 0.6) is 0 Å². The number of aromatic nitrogens is 2. The molecule has 1 saturated carbocycles. The number of nitrogens with one attached hydrogen (secondary N) is 2. The van der Waals surface area contributed by atoms with Crippen LogP contribution in [0.2, 0.25) is 0 Å². The Morgan fingerprint density at radius 2 is 1.97 bits per heavy atom. The van der Waals surface area contributed by atoms with Crippen molar-refractivity contribution in [2.24, 2.45) is 0 Å². The number of amides is 2. The van der Waals surface area contributed by atoms with Crippen molar-refractivity contribution < 1.29 is 14.7 Å². The third-order valence-electron chi connectivity index (χ3n) is 7.17. The largest absolute Gasteiger partial charge is 0.391 e. The molecule has 0 radical (unpaired) electrons. The molecule has 1 heterocycles. The van der Waals surface area contributed by atoms with Crippen molar-refractivity contribution in [3.05, 3.63) is 52.8 Å². The van der Waals surface area contributed by atoms with Gasteiger partial charge in [-0.2, -0.15) is 5.10 Å². The molecule has 0 unspecified atom stereocenters. The fourth-order valence-corrected chi connectivity index (χ4v) is 5.28. The van der Waals surface area contributed by atoms with E-state index in [1.54, 1.807) is 11.9 Å². The number of nitrogens with zero attached hydrogens (tertiary/aromatic N) is 2. The quantitative estimate of drug-likeness (QED) is 0.642. The Labute approximate surface area is 183 Å². The summed E-state index contributed by atoms with van der Waals surface area (Å²) in [5.41, 5.74) is 3.50. The molecule has 4 rings (SSSR count). The van der Waals surface area contributed by atoms with Crippen molar-refractivity contribution in [2.75, 3.05) is 13.6 Å². The third-order valence-corrected chi connectivity index (χ3v) is 7.17. The number of aliphatic hydroxyl groups excluding tert-OH is 1. The van der Waals surface area contributed by atoms with Crippen LogP contribution in [0.4, 0.5) is 0 Å². The summed E-state index contributed by atoms with van der Waals surface area (Å²) in [5, 5.41) is 21.3. The average molecular weight is 425 g/mol. The van der Waals surface area contributed by atoms with Gasteiger partial charge in [-0.15, -0.1) is 0 Å². The first-order valence-corrected chi connectivity index (χ1v) is 11.2. The van der Waals surface area contributed by atoms with Gasteiger partial charge < -0.3 is 15.3 Å². The van der Waals surface area contributed by atoms with E-state index in [4.69, 9.17) is 0 Å². The van der Waals surface area contributed by atoms with Gasteiger partial charge in [-0.3, -0.25) is 14.7 Å². The van der Waals surface area contributed by atoms with E-state index < -0.39 is 6.10 Å². The number of hydrogen-bond donors (Lipinski definition) is 3. The molecule has 1 fully saturated rings. The molecule has 1 aromatic carbocycles. The van der Waals surface area contributed by atoms with E-state index in [0.717, 1.165) is 48.9 Å². The van der Waals surface area contributed by atoms with E-state index >= 15 is 0 Å². The van der Waals surface area contributed by atoms with Crippen LogP contribution in [0.15, 0.2) is 30.3 Å². The normalized spacial score (nSPS) is 25.5. The van der Waals surface area contributed by atoms with Crippen LogP contribution in [0.25, 0.3) is 0 Å². The maximum Gasteiger partial charge on any atom is 0.274 e. The Kier molecular flexibility index (Phi) is 6.14. The number of benzene rings is 1. The lowest BCUT2D eigenvalue weighted by Crippen LogP contribution is -2.44. The highest BCUT2D eigenvalue weighted by Gasteiger charge is 2.40. The fourth-order valence-electron chi connectivity index (χ4n) is 5.28. The van der Waals surface area contributed by atoms with Crippen LogP contribution < -0.4 is 5.32 Å². The second kappa shape index (κ2) is 8.83. The molecule has 2 amide bonds. The molecule has 2 aliphatic rings. The van der Waals surface area contributed by atoms with Gasteiger partial charge in [0.05, 0.1) is 12.1 Å². The Morgan fingerprint density at radius 1 is 1.23 bits per heavy atom. The molecule has 0 bridgehead atoms. The van der Waals surface area contributed by atoms with E-state index in [0.29, 0.717) is 25.1 Å². The summed E-state index contributed by atoms with van der Waals surface area (Å²) in [6, 6.07) is 9.91. The lowest BCUT2D eigenvalue weighted by molar-refractivity contribution is -0.119. The van der Waals surface area contributed by atoms with Gasteiger partial charge in [0.25, 0.3) is 5.91 Å². The van der Waals surface area contributed by atoms with E-state index in [9.17, 15) is 14.7 Å². The van der Waals surface area contributed by atoms with Gasteiger partial charge in [-0.05, 0) is 50.5 Å². The SMILES string of the molecule is CC(=O)NC[C@]1(c2ccccc2)CC[C@@H](O)[C@H](N(C)C(=O)c2n[nH]c3c2CCC3)CC1. The molecule has 2 aromatic rings. The van der Waals surface area contributed by atoms with E-state index in [2.05, 4.69) is 27.6 Å². The molecule has 7 heteroatoms. The summed E-state index contributed by atoms with van der Waals surface area (Å²) in [4.78, 5) is 26.6. The number of fused-ring (bicyclic) bond motifs is 1. The van der Waals surface area contributed by atoms with E-state index in [-0.39, 0.29) is 23.3 Å². The van der Waals surface area contributed by atoms with Crippen molar-refractivity contribution >= 4 is 11.8 Å². The number of aromatic amines is 1. The molecule has 3 atom stereocenters. The van der Waals surface area contributed by atoms with Gasteiger partial charge >= 0.3 is 0 Å². The number of carbonyl (C=O) groups excluding carboxylic acids is 2. The van der Waals surface area contributed by atoms with Crippen molar-refractivity contribution in [3.63, 3.8) is 0 Å². The van der Waals surface area contributed by atoms with Crippen molar-refractivity contribution in [1.29, 1.82) is 0 Å². The zero-order valence-electron chi connectivity index (χ0n) is 18.4. The number of aliphatic hydroxyl groups is 1. The number of rotatable bonds is 5. The maximum absolute atomic E-state index is 13.2. The van der Waals surface area contributed by atoms with Crippen LogP contribution in [0, 0.1) is 0 Å². The topological polar surface area (TPSA) is 98.3 Å². The Hall–Kier alpha value is -2.67. The lowest BCUT2D eigenvalue weighted by Gasteiger charge is -2.34. The first-order valence-electron chi connectivity index (χ1n) is 11.2. The zero-order valence-corrected chi connectivity index (χ0v) is 18.4. The highest BCUT2D eigenvalue weighted by atomic mass is 16.3. The fraction of sp³-hybridized carbons (Fsp3) is 0.542. The van der Waals surface area contributed by atoms with Crippen LogP contribution in [0.3, 0.4) is 0 Å². The van der Waals surface area contributed by atoms with Crippen molar-refractivity contribution in [1.82, 2.24) is 20.4 Å². The third kappa shape index (κ3) is 4.24. The van der Waals surface area contributed by atoms with Gasteiger partial charge in [-0.25, -0.2) is 0 Å². The summed E-state index contributed by atoms with van der Waals surface area (Å²) in [6.07, 6.45) is 4.98. The van der Waals surface area contributed by atoms with Gasteiger partial charge in [0.1, 0.15) is 0 Å². The van der Waals surface area contributed by atoms with Gasteiger partial charge in [0.15, 0.2) is 5.69 Å². The average Bonchev–Trinajstić information content (AvgIpc) is 3.35. The minimum Gasteiger partial charge on any atom is -0.391 e. The van der Waals surface area contributed by atoms with Crippen LogP contribution in [0.1, 0.15) is 66.3 Å². The number of H-pyrrole nitrogens is 1. The summed E-state index contributed by atoms with van der Waals surface area (Å²) in [7, 11) is 1.77. The van der Waals surface area contributed by atoms with Crippen molar-refractivity contribution in [2.45, 2.75) is 69.4 Å². The van der Waals surface area contributed by atoms with Crippen LogP contribution >= 0.6 is 0 Å².